The largest absolute Gasteiger partial charge is 0.505 e. The number of phenolic OH excluding ortho intramolecular Hbond substituents is 2. The molecular formula is C19H19Cl2NO3. The zero-order valence-electron chi connectivity index (χ0n) is 13.6. The maximum atomic E-state index is 12.4. The molecule has 4 nitrogen and oxygen atoms in total. The van der Waals surface area contributed by atoms with Crippen LogP contribution >= 0.6 is 23.2 Å². The number of aromatic hydroxyl groups is 2. The van der Waals surface area contributed by atoms with E-state index in [4.69, 9.17) is 23.2 Å². The van der Waals surface area contributed by atoms with Crippen molar-refractivity contribution in [1.29, 1.82) is 0 Å². The lowest BCUT2D eigenvalue weighted by molar-refractivity contribution is 0.102. The van der Waals surface area contributed by atoms with Crippen molar-refractivity contribution in [3.8, 4) is 11.5 Å². The van der Waals surface area contributed by atoms with E-state index in [-0.39, 0.29) is 15.6 Å². The lowest BCUT2D eigenvalue weighted by Crippen LogP contribution is -2.13. The van der Waals surface area contributed by atoms with E-state index in [2.05, 4.69) is 5.32 Å². The molecule has 0 spiro atoms. The Morgan fingerprint density at radius 3 is 2.08 bits per heavy atom. The van der Waals surface area contributed by atoms with Crippen LogP contribution in [-0.2, 0) is 0 Å². The third-order valence-electron chi connectivity index (χ3n) is 4.65. The van der Waals surface area contributed by atoms with Gasteiger partial charge in [-0.05, 0) is 42.5 Å². The molecule has 0 bridgehead atoms. The quantitative estimate of drug-likeness (QED) is 0.639. The van der Waals surface area contributed by atoms with Crippen molar-refractivity contribution < 1.29 is 15.0 Å². The van der Waals surface area contributed by atoms with Gasteiger partial charge >= 0.3 is 0 Å². The number of halogens is 2. The molecule has 2 aromatic carbocycles. The highest BCUT2D eigenvalue weighted by Crippen LogP contribution is 2.40. The summed E-state index contributed by atoms with van der Waals surface area (Å²) in [5.41, 5.74) is 1.50. The number of hydrogen-bond acceptors (Lipinski definition) is 3. The zero-order valence-corrected chi connectivity index (χ0v) is 15.1. The zero-order chi connectivity index (χ0) is 18.0. The standard InChI is InChI=1S/C19H19Cl2NO3/c20-14-10-15(21)18(24)16(17(14)23)19(25)22-13-8-6-12(7-9-13)11-4-2-1-3-5-11/h6-11,23-24H,1-5H2,(H,22,25). The third kappa shape index (κ3) is 3.86. The van der Waals surface area contributed by atoms with Crippen LogP contribution in [0.4, 0.5) is 5.69 Å². The molecular weight excluding hydrogens is 361 g/mol. The second-order valence-corrected chi connectivity index (χ2v) is 7.14. The molecule has 3 N–H and O–H groups in total. The molecule has 0 heterocycles. The van der Waals surface area contributed by atoms with Crippen LogP contribution < -0.4 is 5.32 Å². The molecule has 1 fully saturated rings. The second kappa shape index (κ2) is 7.54. The summed E-state index contributed by atoms with van der Waals surface area (Å²) in [6, 6.07) is 8.85. The molecule has 0 atom stereocenters. The first-order valence-electron chi connectivity index (χ1n) is 8.28. The summed E-state index contributed by atoms with van der Waals surface area (Å²) >= 11 is 11.6. The van der Waals surface area contributed by atoms with Gasteiger partial charge in [0.15, 0.2) is 11.5 Å². The van der Waals surface area contributed by atoms with Crippen LogP contribution in [0, 0.1) is 0 Å². The lowest BCUT2D eigenvalue weighted by Gasteiger charge is -2.22. The fourth-order valence-electron chi connectivity index (χ4n) is 3.28. The van der Waals surface area contributed by atoms with Crippen LogP contribution in [0.3, 0.4) is 0 Å². The molecule has 1 aliphatic rings. The average Bonchev–Trinajstić information content (AvgIpc) is 2.62. The van der Waals surface area contributed by atoms with Crippen LogP contribution in [0.15, 0.2) is 30.3 Å². The van der Waals surface area contributed by atoms with Crippen molar-refractivity contribution in [2.75, 3.05) is 5.32 Å². The Morgan fingerprint density at radius 1 is 0.960 bits per heavy atom. The number of benzene rings is 2. The Morgan fingerprint density at radius 2 is 1.52 bits per heavy atom. The average molecular weight is 380 g/mol. The molecule has 0 saturated heterocycles. The summed E-state index contributed by atoms with van der Waals surface area (Å²) in [5.74, 6) is -1.09. The maximum absolute atomic E-state index is 12.4. The number of rotatable bonds is 3. The number of anilines is 1. The predicted molar refractivity (Wildman–Crippen MR) is 100 cm³/mol. The lowest BCUT2D eigenvalue weighted by atomic mass is 9.84. The topological polar surface area (TPSA) is 69.6 Å². The summed E-state index contributed by atoms with van der Waals surface area (Å²) in [6.07, 6.45) is 6.23. The van der Waals surface area contributed by atoms with Gasteiger partial charge in [0.2, 0.25) is 0 Å². The normalized spacial score (nSPS) is 15.1. The fraction of sp³-hybridized carbons (Fsp3) is 0.316. The van der Waals surface area contributed by atoms with E-state index in [0.717, 1.165) is 0 Å². The van der Waals surface area contributed by atoms with Crippen LogP contribution in [-0.4, -0.2) is 16.1 Å². The van der Waals surface area contributed by atoms with Crippen LogP contribution in [0.2, 0.25) is 10.0 Å². The fourth-order valence-corrected chi connectivity index (χ4v) is 3.75. The summed E-state index contributed by atoms with van der Waals surface area (Å²) in [6.45, 7) is 0. The van der Waals surface area contributed by atoms with Crippen LogP contribution in [0.1, 0.15) is 53.9 Å². The van der Waals surface area contributed by atoms with Gasteiger partial charge < -0.3 is 15.5 Å². The maximum Gasteiger partial charge on any atom is 0.263 e. The Labute approximate surface area is 156 Å². The van der Waals surface area contributed by atoms with Gasteiger partial charge in [0, 0.05) is 5.69 Å². The molecule has 0 aromatic heterocycles. The first-order valence-corrected chi connectivity index (χ1v) is 9.04. The van der Waals surface area contributed by atoms with Crippen LogP contribution in [0.5, 0.6) is 11.5 Å². The van der Waals surface area contributed by atoms with Gasteiger partial charge in [-0.25, -0.2) is 0 Å². The summed E-state index contributed by atoms with van der Waals surface area (Å²) < 4.78 is 0. The first-order chi connectivity index (χ1) is 12.0. The second-order valence-electron chi connectivity index (χ2n) is 6.32. The first kappa shape index (κ1) is 17.9. The van der Waals surface area contributed by atoms with E-state index in [0.29, 0.717) is 11.6 Å². The molecule has 1 amide bonds. The molecule has 0 radical (unpaired) electrons. The molecule has 3 rings (SSSR count). The molecule has 25 heavy (non-hydrogen) atoms. The van der Waals surface area contributed by atoms with Crippen molar-refractivity contribution in [2.45, 2.75) is 38.0 Å². The molecule has 0 unspecified atom stereocenters. The van der Waals surface area contributed by atoms with Gasteiger partial charge in [-0.3, -0.25) is 4.79 Å². The van der Waals surface area contributed by atoms with Gasteiger partial charge in [0.25, 0.3) is 5.91 Å². The highest BCUT2D eigenvalue weighted by molar-refractivity contribution is 6.37. The highest BCUT2D eigenvalue weighted by atomic mass is 35.5. The predicted octanol–water partition coefficient (Wildman–Crippen LogP) is 5.70. The Hall–Kier alpha value is -1.91. The Bertz CT molecular complexity index is 758. The van der Waals surface area contributed by atoms with Gasteiger partial charge in [-0.15, -0.1) is 0 Å². The monoisotopic (exact) mass is 379 g/mol. The number of nitrogens with one attached hydrogen (secondary N) is 1. The summed E-state index contributed by atoms with van der Waals surface area (Å²) in [5, 5.41) is 22.4. The van der Waals surface area contributed by atoms with Gasteiger partial charge in [0.05, 0.1) is 10.0 Å². The van der Waals surface area contributed by atoms with E-state index in [1.807, 2.05) is 24.3 Å². The SMILES string of the molecule is O=C(Nc1ccc(C2CCCCC2)cc1)c1c(O)c(Cl)cc(Cl)c1O. The number of phenols is 2. The van der Waals surface area contributed by atoms with Gasteiger partial charge in [0.1, 0.15) is 5.56 Å². The highest BCUT2D eigenvalue weighted by Gasteiger charge is 2.22. The van der Waals surface area contributed by atoms with Gasteiger partial charge in [-0.1, -0.05) is 54.6 Å². The molecule has 1 saturated carbocycles. The molecule has 2 aromatic rings. The molecule has 0 aliphatic heterocycles. The van der Waals surface area contributed by atoms with Crippen molar-refractivity contribution in [1.82, 2.24) is 0 Å². The minimum Gasteiger partial charge on any atom is -0.505 e. The molecule has 1 aliphatic carbocycles. The summed E-state index contributed by atoms with van der Waals surface area (Å²) in [7, 11) is 0. The number of hydrogen-bond donors (Lipinski definition) is 3. The third-order valence-corrected chi connectivity index (χ3v) is 5.23. The van der Waals surface area contributed by atoms with E-state index >= 15 is 0 Å². The molecule has 6 heteroatoms. The smallest absolute Gasteiger partial charge is 0.263 e. The van der Waals surface area contributed by atoms with Gasteiger partial charge in [-0.2, -0.15) is 0 Å². The van der Waals surface area contributed by atoms with Crippen LogP contribution in [0.25, 0.3) is 0 Å². The summed E-state index contributed by atoms with van der Waals surface area (Å²) in [4.78, 5) is 12.4. The van der Waals surface area contributed by atoms with E-state index in [1.165, 1.54) is 43.7 Å². The molecule has 132 valence electrons. The Kier molecular flexibility index (Phi) is 5.40. The number of amides is 1. The van der Waals surface area contributed by atoms with Crippen molar-refractivity contribution >= 4 is 34.8 Å². The number of carbonyl (C=O) groups excluding carboxylic acids is 1. The van der Waals surface area contributed by atoms with E-state index in [9.17, 15) is 15.0 Å². The van der Waals surface area contributed by atoms with Crippen molar-refractivity contribution in [3.63, 3.8) is 0 Å². The van der Waals surface area contributed by atoms with E-state index in [1.54, 1.807) is 0 Å². The Balaban J connectivity index is 1.77. The van der Waals surface area contributed by atoms with E-state index < -0.39 is 17.4 Å². The number of carbonyl (C=O) groups is 1. The van der Waals surface area contributed by atoms with Crippen molar-refractivity contribution in [3.05, 3.63) is 51.5 Å². The minimum absolute atomic E-state index is 0.0967. The minimum atomic E-state index is -0.676. The van der Waals surface area contributed by atoms with Crippen molar-refractivity contribution in [2.24, 2.45) is 0 Å².